The number of nitrogens with one attached hydrogen (secondary N) is 1. The summed E-state index contributed by atoms with van der Waals surface area (Å²) < 4.78 is 14.4. The molecule has 0 aliphatic rings. The molecule has 2 aromatic carbocycles. The first-order chi connectivity index (χ1) is 10.1. The predicted molar refractivity (Wildman–Crippen MR) is 85.4 cm³/mol. The maximum absolute atomic E-state index is 13.6. The van der Waals surface area contributed by atoms with Crippen molar-refractivity contribution in [2.24, 2.45) is 0 Å². The van der Waals surface area contributed by atoms with E-state index in [1.807, 2.05) is 6.07 Å². The molecule has 3 nitrogen and oxygen atoms in total. The SMILES string of the molecule is O=c1[nH]c(C=Cc2cc(Br)ccc2F)nc2ccccc12. The van der Waals surface area contributed by atoms with Gasteiger partial charge in [0.15, 0.2) is 0 Å². The van der Waals surface area contributed by atoms with Crippen LogP contribution in [0.2, 0.25) is 0 Å². The number of aromatic nitrogens is 2. The van der Waals surface area contributed by atoms with E-state index in [2.05, 4.69) is 25.9 Å². The number of hydrogen-bond acceptors (Lipinski definition) is 2. The fraction of sp³-hybridized carbons (Fsp3) is 0. The van der Waals surface area contributed by atoms with Crippen LogP contribution in [0.25, 0.3) is 23.1 Å². The van der Waals surface area contributed by atoms with Gasteiger partial charge in [0.25, 0.3) is 5.56 Å². The van der Waals surface area contributed by atoms with E-state index in [0.717, 1.165) is 4.47 Å². The summed E-state index contributed by atoms with van der Waals surface area (Å²) in [7, 11) is 0. The van der Waals surface area contributed by atoms with Crippen LogP contribution in [0.15, 0.2) is 51.7 Å². The van der Waals surface area contributed by atoms with E-state index in [0.29, 0.717) is 22.3 Å². The summed E-state index contributed by atoms with van der Waals surface area (Å²) in [6.07, 6.45) is 3.16. The lowest BCUT2D eigenvalue weighted by Crippen LogP contribution is -2.09. The molecular weight excluding hydrogens is 335 g/mol. The molecule has 3 aromatic rings. The van der Waals surface area contributed by atoms with Gasteiger partial charge in [0.05, 0.1) is 10.9 Å². The van der Waals surface area contributed by atoms with Gasteiger partial charge in [-0.1, -0.05) is 28.1 Å². The molecule has 0 aliphatic heterocycles. The monoisotopic (exact) mass is 344 g/mol. The average molecular weight is 345 g/mol. The Bertz CT molecular complexity index is 902. The first-order valence-corrected chi connectivity index (χ1v) is 7.05. The van der Waals surface area contributed by atoms with E-state index >= 15 is 0 Å². The summed E-state index contributed by atoms with van der Waals surface area (Å²) in [6, 6.07) is 11.7. The molecule has 0 aliphatic carbocycles. The molecule has 1 heterocycles. The number of rotatable bonds is 2. The van der Waals surface area contributed by atoms with Crippen LogP contribution in [-0.2, 0) is 0 Å². The Morgan fingerprint density at radius 3 is 2.81 bits per heavy atom. The van der Waals surface area contributed by atoms with Gasteiger partial charge >= 0.3 is 0 Å². The van der Waals surface area contributed by atoms with Crippen molar-refractivity contribution in [1.82, 2.24) is 9.97 Å². The van der Waals surface area contributed by atoms with E-state index in [1.165, 1.54) is 6.07 Å². The Balaban J connectivity index is 2.03. The summed E-state index contributed by atoms with van der Waals surface area (Å²) in [5.74, 6) is 0.0515. The highest BCUT2D eigenvalue weighted by Gasteiger charge is 2.02. The van der Waals surface area contributed by atoms with Crippen LogP contribution in [0.1, 0.15) is 11.4 Å². The summed E-state index contributed by atoms with van der Waals surface area (Å²) in [6.45, 7) is 0. The van der Waals surface area contributed by atoms with Gasteiger partial charge in [-0.25, -0.2) is 9.37 Å². The number of para-hydroxylation sites is 1. The van der Waals surface area contributed by atoms with Crippen LogP contribution < -0.4 is 5.56 Å². The molecule has 0 radical (unpaired) electrons. The highest BCUT2D eigenvalue weighted by Crippen LogP contribution is 2.17. The summed E-state index contributed by atoms with van der Waals surface area (Å²) >= 11 is 3.29. The topological polar surface area (TPSA) is 45.8 Å². The Hall–Kier alpha value is -2.27. The second kappa shape index (κ2) is 5.61. The zero-order chi connectivity index (χ0) is 14.8. The number of halogens is 2. The normalized spacial score (nSPS) is 11.3. The molecule has 1 aromatic heterocycles. The van der Waals surface area contributed by atoms with Gasteiger partial charge in [0, 0.05) is 10.0 Å². The fourth-order valence-corrected chi connectivity index (χ4v) is 2.37. The Morgan fingerprint density at radius 2 is 1.95 bits per heavy atom. The Morgan fingerprint density at radius 1 is 1.14 bits per heavy atom. The zero-order valence-electron chi connectivity index (χ0n) is 10.8. The van der Waals surface area contributed by atoms with Crippen LogP contribution in [0.5, 0.6) is 0 Å². The molecule has 1 N–H and O–H groups in total. The number of fused-ring (bicyclic) bond motifs is 1. The van der Waals surface area contributed by atoms with Gasteiger partial charge < -0.3 is 4.98 Å². The van der Waals surface area contributed by atoms with Gasteiger partial charge in [0.2, 0.25) is 0 Å². The minimum atomic E-state index is -0.336. The van der Waals surface area contributed by atoms with Crippen molar-refractivity contribution >= 4 is 39.0 Å². The molecule has 0 unspecified atom stereocenters. The molecule has 0 fully saturated rings. The lowest BCUT2D eigenvalue weighted by atomic mass is 10.2. The summed E-state index contributed by atoms with van der Waals surface area (Å²) in [5, 5.41) is 0.531. The van der Waals surface area contributed by atoms with Crippen LogP contribution >= 0.6 is 15.9 Å². The molecule has 3 rings (SSSR count). The van der Waals surface area contributed by atoms with Gasteiger partial charge in [0.1, 0.15) is 11.6 Å². The van der Waals surface area contributed by atoms with E-state index in [-0.39, 0.29) is 11.4 Å². The standard InChI is InChI=1S/C16H10BrFN2O/c17-11-6-7-13(18)10(9-11)5-8-15-19-14-4-2-1-3-12(14)16(21)20-15/h1-9H,(H,19,20,21). The van der Waals surface area contributed by atoms with E-state index in [4.69, 9.17) is 0 Å². The molecule has 0 atom stereocenters. The minimum Gasteiger partial charge on any atom is -0.306 e. The molecule has 0 saturated carbocycles. The number of nitrogens with zero attached hydrogens (tertiary/aromatic N) is 1. The Labute approximate surface area is 128 Å². The molecular formula is C16H10BrFN2O. The first-order valence-electron chi connectivity index (χ1n) is 6.26. The van der Waals surface area contributed by atoms with Crippen molar-refractivity contribution in [3.8, 4) is 0 Å². The van der Waals surface area contributed by atoms with E-state index in [1.54, 1.807) is 42.5 Å². The van der Waals surface area contributed by atoms with Crippen LogP contribution in [-0.4, -0.2) is 9.97 Å². The molecule has 21 heavy (non-hydrogen) atoms. The smallest absolute Gasteiger partial charge is 0.259 e. The van der Waals surface area contributed by atoms with E-state index in [9.17, 15) is 9.18 Å². The maximum atomic E-state index is 13.6. The van der Waals surface area contributed by atoms with Crippen molar-refractivity contribution in [1.29, 1.82) is 0 Å². The van der Waals surface area contributed by atoms with Crippen molar-refractivity contribution in [3.05, 3.63) is 74.5 Å². The van der Waals surface area contributed by atoms with Crippen LogP contribution in [0, 0.1) is 5.82 Å². The second-order valence-electron chi connectivity index (χ2n) is 4.47. The summed E-state index contributed by atoms with van der Waals surface area (Å²) in [4.78, 5) is 18.9. The number of hydrogen-bond donors (Lipinski definition) is 1. The van der Waals surface area contributed by atoms with Gasteiger partial charge in [-0.15, -0.1) is 0 Å². The lowest BCUT2D eigenvalue weighted by molar-refractivity contribution is 0.625. The van der Waals surface area contributed by atoms with Crippen LogP contribution in [0.3, 0.4) is 0 Å². The quantitative estimate of drug-likeness (QED) is 0.763. The van der Waals surface area contributed by atoms with Crippen molar-refractivity contribution in [2.45, 2.75) is 0 Å². The van der Waals surface area contributed by atoms with E-state index < -0.39 is 0 Å². The van der Waals surface area contributed by atoms with Crippen molar-refractivity contribution < 1.29 is 4.39 Å². The highest BCUT2D eigenvalue weighted by atomic mass is 79.9. The molecule has 0 saturated heterocycles. The first kappa shape index (κ1) is 13.7. The number of H-pyrrole nitrogens is 1. The molecule has 0 spiro atoms. The van der Waals surface area contributed by atoms with Crippen LogP contribution in [0.4, 0.5) is 4.39 Å². The highest BCUT2D eigenvalue weighted by molar-refractivity contribution is 9.10. The van der Waals surface area contributed by atoms with Crippen molar-refractivity contribution in [2.75, 3.05) is 0 Å². The van der Waals surface area contributed by atoms with Gasteiger partial charge in [-0.2, -0.15) is 0 Å². The lowest BCUT2D eigenvalue weighted by Gasteiger charge is -2.00. The molecule has 104 valence electrons. The molecule has 0 bridgehead atoms. The predicted octanol–water partition coefficient (Wildman–Crippen LogP) is 4.00. The minimum absolute atomic E-state index is 0.213. The third-order valence-electron chi connectivity index (χ3n) is 3.01. The van der Waals surface area contributed by atoms with Crippen molar-refractivity contribution in [3.63, 3.8) is 0 Å². The fourth-order valence-electron chi connectivity index (χ4n) is 1.99. The number of aromatic amines is 1. The van der Waals surface area contributed by atoms with Gasteiger partial charge in [-0.3, -0.25) is 4.79 Å². The molecule has 0 amide bonds. The summed E-state index contributed by atoms with van der Waals surface area (Å²) in [5.41, 5.74) is 0.811. The second-order valence-corrected chi connectivity index (χ2v) is 5.38. The number of benzene rings is 2. The largest absolute Gasteiger partial charge is 0.306 e. The average Bonchev–Trinajstić information content (AvgIpc) is 2.48. The third-order valence-corrected chi connectivity index (χ3v) is 3.50. The zero-order valence-corrected chi connectivity index (χ0v) is 12.4. The molecule has 5 heteroatoms. The third kappa shape index (κ3) is 2.92. The Kier molecular flexibility index (Phi) is 3.66. The maximum Gasteiger partial charge on any atom is 0.259 e. The van der Waals surface area contributed by atoms with Gasteiger partial charge in [-0.05, 0) is 42.5 Å².